The van der Waals surface area contributed by atoms with Crippen molar-refractivity contribution < 1.29 is 33.0 Å². The summed E-state index contributed by atoms with van der Waals surface area (Å²) >= 11 is -0.106. The van der Waals surface area contributed by atoms with Gasteiger partial charge in [0.25, 0.3) is 0 Å². The van der Waals surface area contributed by atoms with Crippen LogP contribution in [0, 0.1) is 13.3 Å². The van der Waals surface area contributed by atoms with Crippen LogP contribution in [0.2, 0.25) is 0 Å². The van der Waals surface area contributed by atoms with E-state index in [1.807, 2.05) is 0 Å². The molecular formula is C36H44Cl2FeP2Pd+2. The summed E-state index contributed by atoms with van der Waals surface area (Å²) in [6, 6.07) is 44.7. The van der Waals surface area contributed by atoms with Gasteiger partial charge in [0.15, 0.2) is 0 Å². The fourth-order valence-electron chi connectivity index (χ4n) is 6.29. The molecule has 0 unspecified atom stereocenters. The van der Waals surface area contributed by atoms with E-state index >= 15 is 0 Å². The Balaban J connectivity index is 0.000000258. The van der Waals surface area contributed by atoms with Crippen molar-refractivity contribution in [2.24, 2.45) is 0 Å². The fourth-order valence-corrected chi connectivity index (χ4v) is 13.0. The molecule has 0 heterocycles. The number of benzene rings is 4. The van der Waals surface area contributed by atoms with Crippen molar-refractivity contribution in [1.29, 1.82) is 0 Å². The third-order valence-electron chi connectivity index (χ3n) is 8.11. The Bertz CT molecular complexity index is 1130. The maximum Gasteiger partial charge on any atom is 2.00 e. The predicted octanol–water partition coefficient (Wildman–Crippen LogP) is 9.62. The van der Waals surface area contributed by atoms with E-state index in [4.69, 9.17) is 19.1 Å². The fraction of sp³-hybridized carbons (Fsp3) is 0.278. The molecule has 0 bridgehead atoms. The molecule has 0 amide bonds. The average molecular weight is 772 g/mol. The van der Waals surface area contributed by atoms with E-state index in [-0.39, 0.29) is 40.4 Å². The van der Waals surface area contributed by atoms with Gasteiger partial charge in [-0.25, -0.2) is 0 Å². The van der Waals surface area contributed by atoms with Crippen LogP contribution in [0.5, 0.6) is 0 Å². The summed E-state index contributed by atoms with van der Waals surface area (Å²) in [5.41, 5.74) is 1.74. The molecule has 0 spiro atoms. The van der Waals surface area contributed by atoms with Gasteiger partial charge in [-0.3, -0.25) is 5.92 Å². The van der Waals surface area contributed by atoms with Crippen molar-refractivity contribution in [3.63, 3.8) is 0 Å². The number of hydrogen-bond acceptors (Lipinski definition) is 0. The van der Waals surface area contributed by atoms with Crippen molar-refractivity contribution in [2.75, 3.05) is 0 Å². The molecule has 0 radical (unpaired) electrons. The largest absolute Gasteiger partial charge is 2.00 e. The topological polar surface area (TPSA) is 0 Å². The van der Waals surface area contributed by atoms with Gasteiger partial charge in [-0.2, -0.15) is 13.3 Å². The zero-order valence-corrected chi connectivity index (χ0v) is 30.7. The maximum absolute atomic E-state index is 4.81. The average Bonchev–Trinajstić information content (AvgIpc) is 3.69. The summed E-state index contributed by atoms with van der Waals surface area (Å²) in [5, 5.41) is 6.29. The summed E-state index contributed by atoms with van der Waals surface area (Å²) < 4.78 is 0. The molecule has 0 saturated heterocycles. The van der Waals surface area contributed by atoms with Crippen LogP contribution < -0.4 is 21.2 Å². The minimum atomic E-state index is -0.663. The predicted molar refractivity (Wildman–Crippen MR) is 188 cm³/mol. The summed E-state index contributed by atoms with van der Waals surface area (Å²) in [6.07, 6.45) is 9.81. The molecule has 6 heteroatoms. The Labute approximate surface area is 284 Å². The third-order valence-corrected chi connectivity index (χ3v) is 14.8. The molecule has 2 aliphatic rings. The first-order chi connectivity index (χ1) is 19.7. The molecule has 0 aromatic heterocycles. The molecule has 4 aromatic rings. The number of rotatable bonds is 6. The second-order valence-corrected chi connectivity index (χ2v) is 18.4. The van der Waals surface area contributed by atoms with E-state index in [2.05, 4.69) is 128 Å². The van der Waals surface area contributed by atoms with Crippen LogP contribution in [0.25, 0.3) is 0 Å². The molecular weight excluding hydrogens is 728 g/mol. The van der Waals surface area contributed by atoms with Crippen LogP contribution >= 0.6 is 34.9 Å². The van der Waals surface area contributed by atoms with Crippen molar-refractivity contribution in [3.05, 3.63) is 135 Å². The van der Waals surface area contributed by atoms with Gasteiger partial charge in [-0.1, -0.05) is 79.2 Å². The van der Waals surface area contributed by atoms with E-state index in [1.54, 1.807) is 27.1 Å². The van der Waals surface area contributed by atoms with Gasteiger partial charge < -0.3 is 7.43 Å². The van der Waals surface area contributed by atoms with E-state index in [1.165, 1.54) is 44.9 Å². The quantitative estimate of drug-likeness (QED) is 0.104. The Kier molecular flexibility index (Phi) is 19.1. The van der Waals surface area contributed by atoms with E-state index in [0.717, 1.165) is 11.3 Å². The smallest absolute Gasteiger partial charge is 0.0620 e. The molecule has 228 valence electrons. The normalized spacial score (nSPS) is 16.5. The Morgan fingerprint density at radius 1 is 0.571 bits per heavy atom. The molecule has 2 saturated carbocycles. The van der Waals surface area contributed by atoms with E-state index < -0.39 is 15.8 Å². The van der Waals surface area contributed by atoms with Crippen molar-refractivity contribution in [1.82, 2.24) is 0 Å². The SMILES string of the molecule is C[C-]1CCC[C@H]1[PH+](c1ccccc1)c1ccccc1.[CH3-].[Cl][Pd][Cl].[Fe+2].c1ccc([PH+](c2ccccc2)C2CCCC2)cc1. The molecule has 0 nitrogen and oxygen atoms in total. The molecule has 4 aromatic carbocycles. The summed E-state index contributed by atoms with van der Waals surface area (Å²) in [7, 11) is 8.39. The van der Waals surface area contributed by atoms with Crippen LogP contribution in [-0.4, -0.2) is 11.3 Å². The van der Waals surface area contributed by atoms with Gasteiger partial charge in [0, 0.05) is 7.92 Å². The number of hydrogen-bond donors (Lipinski definition) is 0. The molecule has 0 aliphatic heterocycles. The van der Waals surface area contributed by atoms with Crippen LogP contribution in [0.4, 0.5) is 0 Å². The molecule has 2 fully saturated rings. The van der Waals surface area contributed by atoms with Gasteiger partial charge in [-0.05, 0) is 86.3 Å². The van der Waals surface area contributed by atoms with Gasteiger partial charge in [-0.15, -0.1) is 0 Å². The van der Waals surface area contributed by atoms with Gasteiger partial charge >= 0.3 is 52.1 Å². The minimum Gasteiger partial charge on any atom is -0.0620 e. The second kappa shape index (κ2) is 21.3. The zero-order chi connectivity index (χ0) is 28.0. The van der Waals surface area contributed by atoms with Gasteiger partial charge in [0.1, 0.15) is 0 Å². The van der Waals surface area contributed by atoms with Gasteiger partial charge in [0.05, 0.1) is 34.8 Å². The summed E-state index contributed by atoms with van der Waals surface area (Å²) in [5.74, 6) is 1.72. The molecule has 1 atom stereocenters. The van der Waals surface area contributed by atoms with E-state index in [9.17, 15) is 0 Å². The first-order valence-corrected chi connectivity index (χ1v) is 21.5. The Morgan fingerprint density at radius 3 is 1.21 bits per heavy atom. The zero-order valence-electron chi connectivity index (χ0n) is 24.6. The maximum atomic E-state index is 4.81. The molecule has 42 heavy (non-hydrogen) atoms. The van der Waals surface area contributed by atoms with Crippen LogP contribution in [0.1, 0.15) is 51.9 Å². The monoisotopic (exact) mass is 770 g/mol. The summed E-state index contributed by atoms with van der Waals surface area (Å²) in [4.78, 5) is 0. The first kappa shape index (κ1) is 37.7. The minimum absolute atomic E-state index is 0. The van der Waals surface area contributed by atoms with Crippen LogP contribution in [0.15, 0.2) is 121 Å². The van der Waals surface area contributed by atoms with Crippen LogP contribution in [0.3, 0.4) is 0 Å². The van der Waals surface area contributed by atoms with E-state index in [0.29, 0.717) is 0 Å². The summed E-state index contributed by atoms with van der Waals surface area (Å²) in [6.45, 7) is 2.37. The van der Waals surface area contributed by atoms with Crippen molar-refractivity contribution in [3.8, 4) is 0 Å². The molecule has 2 aliphatic carbocycles. The van der Waals surface area contributed by atoms with Crippen molar-refractivity contribution in [2.45, 2.75) is 63.2 Å². The molecule has 6 rings (SSSR count). The third kappa shape index (κ3) is 11.1. The first-order valence-electron chi connectivity index (χ1n) is 14.3. The number of halogens is 2. The van der Waals surface area contributed by atoms with Crippen LogP contribution in [-0.2, 0) is 33.0 Å². The van der Waals surface area contributed by atoms with Crippen molar-refractivity contribution >= 4 is 56.1 Å². The molecule has 0 N–H and O–H groups in total. The Morgan fingerprint density at radius 2 is 0.905 bits per heavy atom. The second-order valence-electron chi connectivity index (χ2n) is 10.6. The Hall–Kier alpha value is -0.498. The van der Waals surface area contributed by atoms with Gasteiger partial charge in [0.2, 0.25) is 0 Å². The standard InChI is InChI=1S/C18H20P.C17H19P.CH3.2ClH.Fe.Pd/c1-15-9-8-14-18(15)19(16-10-4-2-5-11-16)17-12-6-3-7-13-17;1-3-9-15(10-4-1)18(17-13-7-8-14-17)16-11-5-2-6-12-16;;;;;/h2-7,10-13,18H,8-9,14H2,1H3;1-6,9-12,17H,7-8,13-14H2;1H3;2*1H;;/q-1;;-1;;;2*+2/t18-;;;;;;/m1....../s1.